The molecule has 1 saturated heterocycles. The van der Waals surface area contributed by atoms with Crippen LogP contribution in [0.2, 0.25) is 0 Å². The number of hydrogen-bond acceptors (Lipinski definition) is 4. The topological polar surface area (TPSA) is 51.8 Å². The molecule has 0 aromatic heterocycles. The molecule has 2 aliphatic rings. The highest BCUT2D eigenvalue weighted by Crippen LogP contribution is 2.34. The average Bonchev–Trinajstić information content (AvgIpc) is 3.09. The van der Waals surface area contributed by atoms with E-state index in [4.69, 9.17) is 26.4 Å². The fourth-order valence-corrected chi connectivity index (χ4v) is 2.74. The first-order valence-corrected chi connectivity index (χ1v) is 7.22. The molecule has 1 aromatic rings. The number of ether oxygens (including phenoxy) is 3. The van der Waals surface area contributed by atoms with Crippen LogP contribution < -0.4 is 20.1 Å². The van der Waals surface area contributed by atoms with Crippen LogP contribution in [0.3, 0.4) is 0 Å². The van der Waals surface area contributed by atoms with Gasteiger partial charge in [0.2, 0.25) is 6.79 Å². The van der Waals surface area contributed by atoms with Crippen LogP contribution in [0.1, 0.15) is 19.8 Å². The van der Waals surface area contributed by atoms with Gasteiger partial charge in [-0.25, -0.2) is 0 Å². The molecule has 1 fully saturated rings. The molecule has 0 spiro atoms. The zero-order valence-corrected chi connectivity index (χ0v) is 12.2. The van der Waals surface area contributed by atoms with Crippen molar-refractivity contribution in [2.75, 3.05) is 18.7 Å². The van der Waals surface area contributed by atoms with E-state index in [-0.39, 0.29) is 18.9 Å². The molecule has 108 valence electrons. The van der Waals surface area contributed by atoms with Crippen molar-refractivity contribution in [2.24, 2.45) is 0 Å². The van der Waals surface area contributed by atoms with Crippen LogP contribution >= 0.6 is 12.2 Å². The van der Waals surface area contributed by atoms with Gasteiger partial charge in [0.05, 0.1) is 12.1 Å². The molecule has 6 heteroatoms. The van der Waals surface area contributed by atoms with Gasteiger partial charge in [0, 0.05) is 18.4 Å². The molecule has 0 aliphatic carbocycles. The van der Waals surface area contributed by atoms with Gasteiger partial charge in [-0.05, 0) is 44.1 Å². The minimum atomic E-state index is 0.200. The monoisotopic (exact) mass is 294 g/mol. The highest BCUT2D eigenvalue weighted by atomic mass is 32.1. The van der Waals surface area contributed by atoms with Gasteiger partial charge >= 0.3 is 0 Å². The lowest BCUT2D eigenvalue weighted by Gasteiger charge is -2.22. The van der Waals surface area contributed by atoms with Crippen LogP contribution in [0.4, 0.5) is 5.69 Å². The van der Waals surface area contributed by atoms with Crippen molar-refractivity contribution < 1.29 is 14.2 Å². The fraction of sp³-hybridized carbons (Fsp3) is 0.500. The van der Waals surface area contributed by atoms with Crippen molar-refractivity contribution >= 4 is 23.0 Å². The van der Waals surface area contributed by atoms with Crippen molar-refractivity contribution in [3.63, 3.8) is 0 Å². The Morgan fingerprint density at radius 1 is 1.35 bits per heavy atom. The number of rotatable bonds is 3. The highest BCUT2D eigenvalue weighted by Gasteiger charge is 2.22. The van der Waals surface area contributed by atoms with Gasteiger partial charge < -0.3 is 24.8 Å². The summed E-state index contributed by atoms with van der Waals surface area (Å²) in [4.78, 5) is 0. The second-order valence-corrected chi connectivity index (χ2v) is 5.41. The first-order valence-electron chi connectivity index (χ1n) is 6.81. The Morgan fingerprint density at radius 2 is 2.20 bits per heavy atom. The van der Waals surface area contributed by atoms with Crippen LogP contribution in [-0.4, -0.2) is 30.7 Å². The van der Waals surface area contributed by atoms with Gasteiger partial charge in [-0.2, -0.15) is 0 Å². The Morgan fingerprint density at radius 3 is 3.00 bits per heavy atom. The molecule has 20 heavy (non-hydrogen) atoms. The summed E-state index contributed by atoms with van der Waals surface area (Å²) >= 11 is 5.33. The van der Waals surface area contributed by atoms with Crippen molar-refractivity contribution in [3.8, 4) is 11.5 Å². The average molecular weight is 294 g/mol. The summed E-state index contributed by atoms with van der Waals surface area (Å²) < 4.78 is 16.3. The largest absolute Gasteiger partial charge is 0.454 e. The molecular formula is C14H18N2O3S. The number of anilines is 1. The number of nitrogens with one attached hydrogen (secondary N) is 2. The summed E-state index contributed by atoms with van der Waals surface area (Å²) in [5.41, 5.74) is 0.881. The summed E-state index contributed by atoms with van der Waals surface area (Å²) in [6, 6.07) is 5.87. The van der Waals surface area contributed by atoms with E-state index < -0.39 is 0 Å². The summed E-state index contributed by atoms with van der Waals surface area (Å²) in [5, 5.41) is 7.01. The Bertz CT molecular complexity index is 503. The predicted molar refractivity (Wildman–Crippen MR) is 80.4 cm³/mol. The first-order chi connectivity index (χ1) is 9.72. The molecule has 0 unspecified atom stereocenters. The van der Waals surface area contributed by atoms with Crippen LogP contribution in [-0.2, 0) is 4.74 Å². The molecule has 0 amide bonds. The van der Waals surface area contributed by atoms with E-state index in [2.05, 4.69) is 17.6 Å². The zero-order chi connectivity index (χ0) is 13.9. The lowest BCUT2D eigenvalue weighted by molar-refractivity contribution is 0.0895. The Labute approximate surface area is 123 Å². The standard InChI is InChI=1S/C14H18N2O3S/c1-9(11-3-2-6-17-11)15-14(20)16-10-4-5-12-13(7-10)19-8-18-12/h4-5,7,9,11H,2-3,6,8H2,1H3,(H2,15,16,20)/t9-,11+/m0/s1. The van der Waals surface area contributed by atoms with Gasteiger partial charge in [0.15, 0.2) is 16.6 Å². The van der Waals surface area contributed by atoms with Crippen LogP contribution in [0.15, 0.2) is 18.2 Å². The second kappa shape index (κ2) is 5.85. The smallest absolute Gasteiger partial charge is 0.231 e. The number of thiocarbonyl (C=S) groups is 1. The molecule has 0 radical (unpaired) electrons. The van der Waals surface area contributed by atoms with E-state index in [0.29, 0.717) is 5.11 Å². The maximum Gasteiger partial charge on any atom is 0.231 e. The van der Waals surface area contributed by atoms with E-state index in [1.165, 1.54) is 0 Å². The molecule has 0 saturated carbocycles. The maximum absolute atomic E-state index is 5.64. The van der Waals surface area contributed by atoms with Crippen LogP contribution in [0.5, 0.6) is 11.5 Å². The second-order valence-electron chi connectivity index (χ2n) is 5.01. The molecule has 2 atom stereocenters. The Kier molecular flexibility index (Phi) is 3.93. The third kappa shape index (κ3) is 2.96. The van der Waals surface area contributed by atoms with Crippen molar-refractivity contribution in [1.29, 1.82) is 0 Å². The van der Waals surface area contributed by atoms with E-state index in [9.17, 15) is 0 Å². The molecule has 2 aliphatic heterocycles. The summed E-state index contributed by atoms with van der Waals surface area (Å²) in [7, 11) is 0. The Hall–Kier alpha value is -1.53. The molecule has 2 heterocycles. The van der Waals surface area contributed by atoms with Gasteiger partial charge in [-0.3, -0.25) is 0 Å². The minimum Gasteiger partial charge on any atom is -0.454 e. The zero-order valence-electron chi connectivity index (χ0n) is 11.3. The van der Waals surface area contributed by atoms with E-state index >= 15 is 0 Å². The van der Waals surface area contributed by atoms with Crippen LogP contribution in [0.25, 0.3) is 0 Å². The normalized spacial score (nSPS) is 21.6. The summed E-state index contributed by atoms with van der Waals surface area (Å²) in [6.07, 6.45) is 2.45. The molecule has 3 rings (SSSR count). The third-order valence-corrected chi connectivity index (χ3v) is 3.73. The first kappa shape index (κ1) is 13.5. The number of benzene rings is 1. The molecule has 5 nitrogen and oxygen atoms in total. The van der Waals surface area contributed by atoms with Gasteiger partial charge in [0.25, 0.3) is 0 Å². The van der Waals surface area contributed by atoms with Gasteiger partial charge in [0.1, 0.15) is 0 Å². The molecule has 2 N–H and O–H groups in total. The van der Waals surface area contributed by atoms with Gasteiger partial charge in [-0.1, -0.05) is 0 Å². The number of hydrogen-bond donors (Lipinski definition) is 2. The predicted octanol–water partition coefficient (Wildman–Crippen LogP) is 2.27. The summed E-state index contributed by atoms with van der Waals surface area (Å²) in [6.45, 7) is 3.21. The highest BCUT2D eigenvalue weighted by molar-refractivity contribution is 7.80. The molecular weight excluding hydrogens is 276 g/mol. The lowest BCUT2D eigenvalue weighted by Crippen LogP contribution is -2.42. The number of fused-ring (bicyclic) bond motifs is 1. The van der Waals surface area contributed by atoms with Crippen molar-refractivity contribution in [1.82, 2.24) is 5.32 Å². The minimum absolute atomic E-state index is 0.200. The SMILES string of the molecule is C[C@H](NC(=S)Nc1ccc2c(c1)OCO2)[C@H]1CCCO1. The fourth-order valence-electron chi connectivity index (χ4n) is 2.44. The molecule has 1 aromatic carbocycles. The maximum atomic E-state index is 5.64. The third-order valence-electron chi connectivity index (χ3n) is 3.51. The van der Waals surface area contributed by atoms with Gasteiger partial charge in [-0.15, -0.1) is 0 Å². The van der Waals surface area contributed by atoms with E-state index in [0.717, 1.165) is 36.6 Å². The quantitative estimate of drug-likeness (QED) is 0.834. The Balaban J connectivity index is 1.55. The van der Waals surface area contributed by atoms with E-state index in [1.54, 1.807) is 0 Å². The van der Waals surface area contributed by atoms with Crippen molar-refractivity contribution in [2.45, 2.75) is 31.9 Å². The molecule has 0 bridgehead atoms. The van der Waals surface area contributed by atoms with Crippen molar-refractivity contribution in [3.05, 3.63) is 18.2 Å². The summed E-state index contributed by atoms with van der Waals surface area (Å²) in [5.74, 6) is 1.51. The lowest BCUT2D eigenvalue weighted by atomic mass is 10.1. The van der Waals surface area contributed by atoms with Crippen LogP contribution in [0, 0.1) is 0 Å². The van der Waals surface area contributed by atoms with E-state index in [1.807, 2.05) is 18.2 Å².